The van der Waals surface area contributed by atoms with Crippen molar-refractivity contribution < 1.29 is 9.59 Å². The molecule has 3 heteroatoms. The van der Waals surface area contributed by atoms with Gasteiger partial charge >= 0.3 is 0 Å². The molecule has 0 aromatic heterocycles. The zero-order valence-corrected chi connectivity index (χ0v) is 12.9. The van der Waals surface area contributed by atoms with Crippen LogP contribution in [0.25, 0.3) is 0 Å². The molecule has 2 aliphatic carbocycles. The molecule has 0 saturated heterocycles. The summed E-state index contributed by atoms with van der Waals surface area (Å²) in [5.41, 5.74) is 2.75. The first-order valence-corrected chi connectivity index (χ1v) is 8.22. The van der Waals surface area contributed by atoms with Crippen molar-refractivity contribution in [1.29, 1.82) is 0 Å². The summed E-state index contributed by atoms with van der Waals surface area (Å²) in [6.45, 7) is 0. The van der Waals surface area contributed by atoms with Gasteiger partial charge < -0.3 is 5.32 Å². The third kappa shape index (κ3) is 3.04. The SMILES string of the molecule is O=C(c1ccc(NC(=O)C2CC2c2ccccc2)cc1)C1CC1. The van der Waals surface area contributed by atoms with Crippen LogP contribution >= 0.6 is 0 Å². The molecule has 2 aliphatic rings. The molecule has 0 bridgehead atoms. The van der Waals surface area contributed by atoms with Crippen molar-refractivity contribution in [1.82, 2.24) is 0 Å². The first-order valence-electron chi connectivity index (χ1n) is 8.22. The van der Waals surface area contributed by atoms with Gasteiger partial charge in [-0.3, -0.25) is 9.59 Å². The maximum absolute atomic E-state index is 12.3. The average Bonchev–Trinajstić information content (AvgIpc) is 3.49. The molecule has 23 heavy (non-hydrogen) atoms. The lowest BCUT2D eigenvalue weighted by Gasteiger charge is -2.06. The predicted octanol–water partition coefficient (Wildman–Crippen LogP) is 4.02. The minimum atomic E-state index is 0.0603. The van der Waals surface area contributed by atoms with E-state index in [9.17, 15) is 9.59 Å². The lowest BCUT2D eigenvalue weighted by Crippen LogP contribution is -2.14. The highest BCUT2D eigenvalue weighted by atomic mass is 16.2. The third-order valence-corrected chi connectivity index (χ3v) is 4.74. The van der Waals surface area contributed by atoms with E-state index >= 15 is 0 Å². The molecular formula is C20H19NO2. The summed E-state index contributed by atoms with van der Waals surface area (Å²) >= 11 is 0. The van der Waals surface area contributed by atoms with E-state index in [0.29, 0.717) is 5.92 Å². The van der Waals surface area contributed by atoms with Crippen molar-refractivity contribution in [2.75, 3.05) is 5.32 Å². The van der Waals surface area contributed by atoms with E-state index in [0.717, 1.165) is 30.5 Å². The molecule has 0 radical (unpaired) electrons. The fraction of sp³-hybridized carbons (Fsp3) is 0.300. The standard InChI is InChI=1S/C20H19NO2/c22-19(14-6-7-14)15-8-10-16(11-9-15)21-20(23)18-12-17(18)13-4-2-1-3-5-13/h1-5,8-11,14,17-18H,6-7,12H2,(H,21,23). The number of rotatable bonds is 5. The van der Waals surface area contributed by atoms with Crippen molar-refractivity contribution in [3.63, 3.8) is 0 Å². The molecule has 2 fully saturated rings. The molecule has 4 rings (SSSR count). The predicted molar refractivity (Wildman–Crippen MR) is 89.4 cm³/mol. The van der Waals surface area contributed by atoms with Crippen LogP contribution in [0.5, 0.6) is 0 Å². The van der Waals surface area contributed by atoms with Crippen molar-refractivity contribution in [3.05, 3.63) is 65.7 Å². The number of hydrogen-bond donors (Lipinski definition) is 1. The minimum Gasteiger partial charge on any atom is -0.326 e. The van der Waals surface area contributed by atoms with Crippen molar-refractivity contribution in [3.8, 4) is 0 Å². The lowest BCUT2D eigenvalue weighted by atomic mass is 10.1. The zero-order valence-electron chi connectivity index (χ0n) is 12.9. The van der Waals surface area contributed by atoms with Gasteiger partial charge in [0.15, 0.2) is 5.78 Å². The van der Waals surface area contributed by atoms with Crippen molar-refractivity contribution in [2.24, 2.45) is 11.8 Å². The third-order valence-electron chi connectivity index (χ3n) is 4.74. The molecule has 1 N–H and O–H groups in total. The second kappa shape index (κ2) is 5.65. The zero-order chi connectivity index (χ0) is 15.8. The van der Waals surface area contributed by atoms with Crippen LogP contribution in [-0.4, -0.2) is 11.7 Å². The Morgan fingerprint density at radius 1 is 0.913 bits per heavy atom. The Bertz CT molecular complexity index is 732. The summed E-state index contributed by atoms with van der Waals surface area (Å²) in [7, 11) is 0. The number of carbonyl (C=O) groups is 2. The summed E-state index contributed by atoms with van der Waals surface area (Å²) in [5, 5.41) is 2.96. The van der Waals surface area contributed by atoms with Gasteiger partial charge in [0.1, 0.15) is 0 Å². The Morgan fingerprint density at radius 3 is 2.26 bits per heavy atom. The maximum Gasteiger partial charge on any atom is 0.228 e. The van der Waals surface area contributed by atoms with E-state index in [-0.39, 0.29) is 23.5 Å². The van der Waals surface area contributed by atoms with E-state index in [1.165, 1.54) is 5.56 Å². The Hall–Kier alpha value is -2.42. The molecule has 2 aromatic rings. The highest BCUT2D eigenvalue weighted by molar-refractivity contribution is 6.00. The molecule has 1 amide bonds. The van der Waals surface area contributed by atoms with E-state index < -0.39 is 0 Å². The van der Waals surface area contributed by atoms with Gasteiger partial charge in [0.05, 0.1) is 0 Å². The van der Waals surface area contributed by atoms with Gasteiger partial charge in [0, 0.05) is 23.1 Å². The first kappa shape index (κ1) is 14.2. The fourth-order valence-corrected chi connectivity index (χ4v) is 3.09. The molecule has 2 unspecified atom stereocenters. The highest BCUT2D eigenvalue weighted by Gasteiger charge is 2.43. The number of benzene rings is 2. The number of hydrogen-bond acceptors (Lipinski definition) is 2. The second-order valence-corrected chi connectivity index (χ2v) is 6.56. The van der Waals surface area contributed by atoms with Gasteiger partial charge in [-0.2, -0.15) is 0 Å². The molecule has 3 nitrogen and oxygen atoms in total. The van der Waals surface area contributed by atoms with E-state index in [1.54, 1.807) is 0 Å². The molecule has 0 heterocycles. The summed E-state index contributed by atoms with van der Waals surface area (Å²) in [6.07, 6.45) is 2.94. The fourth-order valence-electron chi connectivity index (χ4n) is 3.09. The van der Waals surface area contributed by atoms with Gasteiger partial charge in [-0.1, -0.05) is 30.3 Å². The largest absolute Gasteiger partial charge is 0.326 e. The Kier molecular flexibility index (Phi) is 3.49. The van der Waals surface area contributed by atoms with Crippen LogP contribution in [0.4, 0.5) is 5.69 Å². The Balaban J connectivity index is 1.37. The quantitative estimate of drug-likeness (QED) is 0.848. The van der Waals surface area contributed by atoms with Crippen LogP contribution in [0.15, 0.2) is 54.6 Å². The molecule has 116 valence electrons. The van der Waals surface area contributed by atoms with Crippen LogP contribution in [0, 0.1) is 11.8 Å². The molecule has 0 aliphatic heterocycles. The number of carbonyl (C=O) groups excluding carboxylic acids is 2. The van der Waals surface area contributed by atoms with E-state index in [2.05, 4.69) is 17.4 Å². The summed E-state index contributed by atoms with van der Waals surface area (Å²) < 4.78 is 0. The van der Waals surface area contributed by atoms with Crippen LogP contribution in [0.1, 0.15) is 41.1 Å². The number of Topliss-reactive ketones (excluding diaryl/α,β-unsaturated/α-hetero) is 1. The van der Waals surface area contributed by atoms with Gasteiger partial charge in [0.2, 0.25) is 5.91 Å². The summed E-state index contributed by atoms with van der Waals surface area (Å²) in [5.74, 6) is 0.931. The van der Waals surface area contributed by atoms with Gasteiger partial charge in [-0.05, 0) is 55.0 Å². The minimum absolute atomic E-state index is 0.0603. The summed E-state index contributed by atoms with van der Waals surface area (Å²) in [4.78, 5) is 24.3. The summed E-state index contributed by atoms with van der Waals surface area (Å²) in [6, 6.07) is 17.5. The number of ketones is 1. The topological polar surface area (TPSA) is 46.2 Å². The van der Waals surface area contributed by atoms with Gasteiger partial charge in [-0.25, -0.2) is 0 Å². The van der Waals surface area contributed by atoms with E-state index in [1.807, 2.05) is 42.5 Å². The lowest BCUT2D eigenvalue weighted by molar-refractivity contribution is -0.117. The molecule has 2 aromatic carbocycles. The van der Waals surface area contributed by atoms with Crippen LogP contribution in [0.3, 0.4) is 0 Å². The Labute approximate surface area is 135 Å². The van der Waals surface area contributed by atoms with Crippen molar-refractivity contribution >= 4 is 17.4 Å². The number of amides is 1. The normalized spacial score (nSPS) is 22.4. The number of nitrogens with one attached hydrogen (secondary N) is 1. The molecule has 2 atom stereocenters. The monoisotopic (exact) mass is 305 g/mol. The van der Waals surface area contributed by atoms with Gasteiger partial charge in [0.25, 0.3) is 0 Å². The highest BCUT2D eigenvalue weighted by Crippen LogP contribution is 2.47. The van der Waals surface area contributed by atoms with Crippen molar-refractivity contribution in [2.45, 2.75) is 25.2 Å². The average molecular weight is 305 g/mol. The van der Waals surface area contributed by atoms with Gasteiger partial charge in [-0.15, -0.1) is 0 Å². The smallest absolute Gasteiger partial charge is 0.228 e. The van der Waals surface area contributed by atoms with Crippen LogP contribution in [-0.2, 0) is 4.79 Å². The van der Waals surface area contributed by atoms with Crippen LogP contribution < -0.4 is 5.32 Å². The van der Waals surface area contributed by atoms with Crippen LogP contribution in [0.2, 0.25) is 0 Å². The molecule has 0 spiro atoms. The first-order chi connectivity index (χ1) is 11.2. The molecular weight excluding hydrogens is 286 g/mol. The Morgan fingerprint density at radius 2 is 1.61 bits per heavy atom. The molecule has 2 saturated carbocycles. The van der Waals surface area contributed by atoms with E-state index in [4.69, 9.17) is 0 Å². The number of anilines is 1. The maximum atomic E-state index is 12.3. The second-order valence-electron chi connectivity index (χ2n) is 6.56.